The highest BCUT2D eigenvalue weighted by Gasteiger charge is 2.13. The van der Waals surface area contributed by atoms with Crippen molar-refractivity contribution in [3.05, 3.63) is 0 Å². The Labute approximate surface area is 123 Å². The van der Waals surface area contributed by atoms with Gasteiger partial charge in [-0.3, -0.25) is 4.79 Å². The molecule has 5 heteroatoms. The van der Waals surface area contributed by atoms with E-state index in [1.165, 1.54) is 12.8 Å². The van der Waals surface area contributed by atoms with Gasteiger partial charge < -0.3 is 19.9 Å². The Balaban J connectivity index is 3.12. The van der Waals surface area contributed by atoms with Crippen molar-refractivity contribution < 1.29 is 19.0 Å². The van der Waals surface area contributed by atoms with Crippen LogP contribution in [-0.2, 0) is 19.0 Å². The van der Waals surface area contributed by atoms with Crippen LogP contribution in [0.3, 0.4) is 0 Å². The van der Waals surface area contributed by atoms with Crippen LogP contribution in [0.2, 0.25) is 0 Å². The molecule has 0 aromatic carbocycles. The van der Waals surface area contributed by atoms with E-state index in [2.05, 4.69) is 20.8 Å². The average Bonchev–Trinajstić information content (AvgIpc) is 2.39. The van der Waals surface area contributed by atoms with Crippen LogP contribution >= 0.6 is 0 Å². The van der Waals surface area contributed by atoms with Gasteiger partial charge in [0.15, 0.2) is 0 Å². The van der Waals surface area contributed by atoms with Crippen LogP contribution in [0, 0.1) is 5.41 Å². The fourth-order valence-corrected chi connectivity index (χ4v) is 1.54. The summed E-state index contributed by atoms with van der Waals surface area (Å²) in [6.45, 7) is 10.2. The van der Waals surface area contributed by atoms with Crippen molar-refractivity contribution in [3.63, 3.8) is 0 Å². The van der Waals surface area contributed by atoms with Gasteiger partial charge >= 0.3 is 0 Å². The molecule has 120 valence electrons. The summed E-state index contributed by atoms with van der Waals surface area (Å²) in [6.07, 6.45) is 3.75. The van der Waals surface area contributed by atoms with E-state index in [-0.39, 0.29) is 12.3 Å². The van der Waals surface area contributed by atoms with Crippen molar-refractivity contribution in [3.8, 4) is 0 Å². The molecular formula is C15H31NO4. The summed E-state index contributed by atoms with van der Waals surface area (Å²) >= 11 is 0. The SMILES string of the molecule is CCC(C)(C)CCCOCCOCCOCCC(N)=O. The van der Waals surface area contributed by atoms with E-state index in [1.54, 1.807) is 0 Å². The second-order valence-electron chi connectivity index (χ2n) is 5.67. The Kier molecular flexibility index (Phi) is 11.7. The third kappa shape index (κ3) is 13.8. The van der Waals surface area contributed by atoms with E-state index in [0.29, 0.717) is 38.4 Å². The van der Waals surface area contributed by atoms with Gasteiger partial charge in [-0.25, -0.2) is 0 Å². The number of carbonyl (C=O) groups excluding carboxylic acids is 1. The first-order valence-electron chi connectivity index (χ1n) is 7.49. The van der Waals surface area contributed by atoms with Crippen LogP contribution in [0.4, 0.5) is 0 Å². The monoisotopic (exact) mass is 289 g/mol. The van der Waals surface area contributed by atoms with Gasteiger partial charge in [0.2, 0.25) is 5.91 Å². The van der Waals surface area contributed by atoms with Crippen LogP contribution in [0.1, 0.15) is 46.5 Å². The number of carbonyl (C=O) groups is 1. The second-order valence-corrected chi connectivity index (χ2v) is 5.67. The summed E-state index contributed by atoms with van der Waals surface area (Å²) in [4.78, 5) is 10.4. The standard InChI is InChI=1S/C15H31NO4/c1-4-15(2,3)7-5-8-18-10-12-20-13-11-19-9-6-14(16)17/h4-13H2,1-3H3,(H2,16,17). The van der Waals surface area contributed by atoms with E-state index in [1.807, 2.05) is 0 Å². The minimum atomic E-state index is -0.342. The van der Waals surface area contributed by atoms with Crippen molar-refractivity contribution in [1.82, 2.24) is 0 Å². The number of rotatable bonds is 14. The number of ether oxygens (including phenoxy) is 3. The van der Waals surface area contributed by atoms with Gasteiger partial charge in [0.1, 0.15) is 0 Å². The minimum absolute atomic E-state index is 0.261. The highest BCUT2D eigenvalue weighted by atomic mass is 16.5. The molecule has 0 radical (unpaired) electrons. The van der Waals surface area contributed by atoms with Crippen LogP contribution in [0.5, 0.6) is 0 Å². The maximum Gasteiger partial charge on any atom is 0.219 e. The second kappa shape index (κ2) is 12.1. The summed E-state index contributed by atoms with van der Waals surface area (Å²) in [5, 5.41) is 0. The summed E-state index contributed by atoms with van der Waals surface area (Å²) < 4.78 is 16.0. The minimum Gasteiger partial charge on any atom is -0.379 e. The van der Waals surface area contributed by atoms with Crippen molar-refractivity contribution in [2.75, 3.05) is 39.6 Å². The zero-order valence-corrected chi connectivity index (χ0v) is 13.3. The first-order chi connectivity index (χ1) is 9.48. The molecule has 0 fully saturated rings. The molecule has 0 unspecified atom stereocenters. The van der Waals surface area contributed by atoms with Crippen LogP contribution in [0.15, 0.2) is 0 Å². The highest BCUT2D eigenvalue weighted by molar-refractivity contribution is 5.73. The van der Waals surface area contributed by atoms with Crippen molar-refractivity contribution >= 4 is 5.91 Å². The summed E-state index contributed by atoms with van der Waals surface area (Å²) in [5.41, 5.74) is 5.40. The van der Waals surface area contributed by atoms with Crippen LogP contribution in [0.25, 0.3) is 0 Å². The summed E-state index contributed by atoms with van der Waals surface area (Å²) in [6, 6.07) is 0. The Hall–Kier alpha value is -0.650. The predicted octanol–water partition coefficient (Wildman–Crippen LogP) is 2.13. The molecule has 0 spiro atoms. The Bertz CT molecular complexity index is 244. The molecule has 20 heavy (non-hydrogen) atoms. The topological polar surface area (TPSA) is 70.8 Å². The molecular weight excluding hydrogens is 258 g/mol. The van der Waals surface area contributed by atoms with Gasteiger partial charge in [-0.15, -0.1) is 0 Å². The lowest BCUT2D eigenvalue weighted by Crippen LogP contribution is -2.15. The maximum absolute atomic E-state index is 10.4. The molecule has 0 aromatic rings. The maximum atomic E-state index is 10.4. The lowest BCUT2D eigenvalue weighted by Gasteiger charge is -2.22. The van der Waals surface area contributed by atoms with Crippen LogP contribution < -0.4 is 5.73 Å². The molecule has 0 saturated heterocycles. The van der Waals surface area contributed by atoms with Crippen molar-refractivity contribution in [1.29, 1.82) is 0 Å². The molecule has 0 heterocycles. The molecule has 0 rings (SSSR count). The zero-order valence-electron chi connectivity index (χ0n) is 13.3. The normalized spacial score (nSPS) is 11.8. The highest BCUT2D eigenvalue weighted by Crippen LogP contribution is 2.25. The largest absolute Gasteiger partial charge is 0.379 e. The predicted molar refractivity (Wildman–Crippen MR) is 79.6 cm³/mol. The number of primary amides is 1. The third-order valence-electron chi connectivity index (χ3n) is 3.34. The van der Waals surface area contributed by atoms with Crippen molar-refractivity contribution in [2.24, 2.45) is 11.1 Å². The molecule has 0 saturated carbocycles. The molecule has 0 aliphatic carbocycles. The first kappa shape index (κ1) is 19.4. The molecule has 5 nitrogen and oxygen atoms in total. The average molecular weight is 289 g/mol. The number of nitrogens with two attached hydrogens (primary N) is 1. The van der Waals surface area contributed by atoms with Gasteiger partial charge in [0.05, 0.1) is 33.0 Å². The Morgan fingerprint density at radius 2 is 1.45 bits per heavy atom. The van der Waals surface area contributed by atoms with E-state index in [4.69, 9.17) is 19.9 Å². The van der Waals surface area contributed by atoms with Crippen molar-refractivity contribution in [2.45, 2.75) is 46.5 Å². The number of hydrogen-bond acceptors (Lipinski definition) is 4. The van der Waals surface area contributed by atoms with E-state index < -0.39 is 0 Å². The van der Waals surface area contributed by atoms with Crippen LogP contribution in [-0.4, -0.2) is 45.5 Å². The van der Waals surface area contributed by atoms with E-state index in [0.717, 1.165) is 13.0 Å². The van der Waals surface area contributed by atoms with Gasteiger partial charge in [-0.2, -0.15) is 0 Å². The van der Waals surface area contributed by atoms with Gasteiger partial charge in [-0.1, -0.05) is 27.2 Å². The summed E-state index contributed by atoms with van der Waals surface area (Å²) in [5.74, 6) is -0.342. The number of amides is 1. The Morgan fingerprint density at radius 3 is 1.95 bits per heavy atom. The molecule has 0 bridgehead atoms. The first-order valence-corrected chi connectivity index (χ1v) is 7.49. The molecule has 0 atom stereocenters. The van der Waals surface area contributed by atoms with Gasteiger partial charge in [0, 0.05) is 13.0 Å². The smallest absolute Gasteiger partial charge is 0.219 e. The fourth-order valence-electron chi connectivity index (χ4n) is 1.54. The van der Waals surface area contributed by atoms with Gasteiger partial charge in [0.25, 0.3) is 0 Å². The fraction of sp³-hybridized carbons (Fsp3) is 0.933. The quantitative estimate of drug-likeness (QED) is 0.497. The Morgan fingerprint density at radius 1 is 0.950 bits per heavy atom. The molecule has 0 aromatic heterocycles. The lowest BCUT2D eigenvalue weighted by atomic mass is 9.85. The van der Waals surface area contributed by atoms with E-state index >= 15 is 0 Å². The van der Waals surface area contributed by atoms with E-state index in [9.17, 15) is 4.79 Å². The third-order valence-corrected chi connectivity index (χ3v) is 3.34. The van der Waals surface area contributed by atoms with Gasteiger partial charge in [-0.05, 0) is 18.3 Å². The zero-order chi connectivity index (χ0) is 15.3. The molecule has 2 N–H and O–H groups in total. The number of hydrogen-bond donors (Lipinski definition) is 1. The molecule has 0 aliphatic heterocycles. The molecule has 1 amide bonds. The molecule has 0 aliphatic rings. The summed E-state index contributed by atoms with van der Waals surface area (Å²) in [7, 11) is 0. The lowest BCUT2D eigenvalue weighted by molar-refractivity contribution is -0.119.